The van der Waals surface area contributed by atoms with Gasteiger partial charge >= 0.3 is 5.76 Å². The van der Waals surface area contributed by atoms with Gasteiger partial charge in [0.05, 0.1) is 15.7 Å². The molecule has 0 amide bonds. The summed E-state index contributed by atoms with van der Waals surface area (Å²) in [6, 6.07) is 5.35. The van der Waals surface area contributed by atoms with Gasteiger partial charge in [0, 0.05) is 18.2 Å². The van der Waals surface area contributed by atoms with Crippen LogP contribution < -0.4 is 5.76 Å². The van der Waals surface area contributed by atoms with Gasteiger partial charge in [-0.3, -0.25) is 4.98 Å². The molecule has 2 unspecified atom stereocenters. The molecule has 2 aliphatic heterocycles. The summed E-state index contributed by atoms with van der Waals surface area (Å²) in [7, 11) is -1.31. The minimum absolute atomic E-state index is 0.247. The lowest BCUT2D eigenvalue weighted by Crippen LogP contribution is -2.44. The number of aromatic nitrogens is 1. The van der Waals surface area contributed by atoms with Crippen LogP contribution in [0.25, 0.3) is 11.1 Å². The SMILES string of the molecule is CN1C2CCC1CC(S(=O)(=O)c1ccc3[nH]c(=O)oc3c1)C2. The number of nitrogens with zero attached hydrogens (tertiary/aromatic N) is 1. The third kappa shape index (κ3) is 2.03. The molecule has 2 saturated heterocycles. The number of H-pyrrole nitrogens is 1. The highest BCUT2D eigenvalue weighted by atomic mass is 32.2. The van der Waals surface area contributed by atoms with Crippen molar-refractivity contribution >= 4 is 20.9 Å². The maximum absolute atomic E-state index is 12.9. The monoisotopic (exact) mass is 322 g/mol. The zero-order valence-electron chi connectivity index (χ0n) is 12.3. The number of fused-ring (bicyclic) bond motifs is 3. The average Bonchev–Trinajstić information content (AvgIpc) is 2.91. The van der Waals surface area contributed by atoms with Gasteiger partial charge in [-0.1, -0.05) is 0 Å². The van der Waals surface area contributed by atoms with Crippen molar-refractivity contribution in [2.45, 2.75) is 47.9 Å². The molecule has 0 spiro atoms. The molecule has 2 aliphatic rings. The number of sulfone groups is 1. The molecular formula is C15H18N2O4S. The molecule has 6 nitrogen and oxygen atoms in total. The highest BCUT2D eigenvalue weighted by molar-refractivity contribution is 7.92. The maximum Gasteiger partial charge on any atom is 0.417 e. The topological polar surface area (TPSA) is 83.4 Å². The summed E-state index contributed by atoms with van der Waals surface area (Å²) in [5.41, 5.74) is 0.814. The molecule has 2 atom stereocenters. The van der Waals surface area contributed by atoms with E-state index in [2.05, 4.69) is 16.9 Å². The van der Waals surface area contributed by atoms with Crippen LogP contribution >= 0.6 is 0 Å². The Morgan fingerprint density at radius 2 is 1.91 bits per heavy atom. The zero-order chi connectivity index (χ0) is 15.5. The molecule has 2 fully saturated rings. The van der Waals surface area contributed by atoms with E-state index in [1.807, 2.05) is 0 Å². The highest BCUT2D eigenvalue weighted by Crippen LogP contribution is 2.38. The molecular weight excluding hydrogens is 304 g/mol. The van der Waals surface area contributed by atoms with Crippen molar-refractivity contribution in [3.8, 4) is 0 Å². The molecule has 1 aromatic carbocycles. The Bertz CT molecular complexity index is 868. The van der Waals surface area contributed by atoms with Crippen LogP contribution in [-0.2, 0) is 9.84 Å². The molecule has 0 radical (unpaired) electrons. The van der Waals surface area contributed by atoms with Crippen LogP contribution in [0.4, 0.5) is 0 Å². The van der Waals surface area contributed by atoms with E-state index < -0.39 is 15.6 Å². The van der Waals surface area contributed by atoms with Crippen LogP contribution in [0.3, 0.4) is 0 Å². The van der Waals surface area contributed by atoms with Gasteiger partial charge in [-0.2, -0.15) is 0 Å². The molecule has 22 heavy (non-hydrogen) atoms. The van der Waals surface area contributed by atoms with Gasteiger partial charge in [0.2, 0.25) is 0 Å². The molecule has 0 aliphatic carbocycles. The summed E-state index contributed by atoms with van der Waals surface area (Å²) in [4.78, 5) is 16.3. The largest absolute Gasteiger partial charge is 0.417 e. The van der Waals surface area contributed by atoms with E-state index in [9.17, 15) is 13.2 Å². The molecule has 2 bridgehead atoms. The van der Waals surface area contributed by atoms with Crippen molar-refractivity contribution in [3.05, 3.63) is 28.7 Å². The lowest BCUT2D eigenvalue weighted by Gasteiger charge is -2.35. The second-order valence-corrected chi connectivity index (χ2v) is 8.59. The van der Waals surface area contributed by atoms with E-state index in [4.69, 9.17) is 4.42 Å². The molecule has 3 heterocycles. The van der Waals surface area contributed by atoms with E-state index in [0.29, 0.717) is 36.0 Å². The van der Waals surface area contributed by atoms with Gasteiger partial charge in [-0.25, -0.2) is 13.2 Å². The normalized spacial score (nSPS) is 29.2. The number of aromatic amines is 1. The van der Waals surface area contributed by atoms with E-state index in [1.165, 1.54) is 6.07 Å². The predicted molar refractivity (Wildman–Crippen MR) is 81.6 cm³/mol. The van der Waals surface area contributed by atoms with Gasteiger partial charge in [-0.15, -0.1) is 0 Å². The van der Waals surface area contributed by atoms with Crippen molar-refractivity contribution in [2.75, 3.05) is 7.05 Å². The van der Waals surface area contributed by atoms with Crippen LogP contribution in [0.5, 0.6) is 0 Å². The van der Waals surface area contributed by atoms with Crippen molar-refractivity contribution in [3.63, 3.8) is 0 Å². The fourth-order valence-electron chi connectivity index (χ4n) is 3.91. The van der Waals surface area contributed by atoms with E-state index in [-0.39, 0.29) is 10.1 Å². The average molecular weight is 322 g/mol. The Morgan fingerprint density at radius 3 is 2.59 bits per heavy atom. The molecule has 0 saturated carbocycles. The first kappa shape index (κ1) is 14.0. The molecule has 118 valence electrons. The number of hydrogen-bond acceptors (Lipinski definition) is 5. The van der Waals surface area contributed by atoms with Crippen LogP contribution in [-0.4, -0.2) is 42.7 Å². The van der Waals surface area contributed by atoms with Crippen molar-refractivity contribution in [2.24, 2.45) is 0 Å². The Balaban J connectivity index is 1.71. The third-order valence-electron chi connectivity index (χ3n) is 5.21. The van der Waals surface area contributed by atoms with Gasteiger partial charge in [0.1, 0.15) is 0 Å². The Morgan fingerprint density at radius 1 is 1.23 bits per heavy atom. The highest BCUT2D eigenvalue weighted by Gasteiger charge is 2.43. The second-order valence-electron chi connectivity index (χ2n) is 6.36. The van der Waals surface area contributed by atoms with Crippen LogP contribution in [0, 0.1) is 0 Å². The first-order chi connectivity index (χ1) is 10.4. The fraction of sp³-hybridized carbons (Fsp3) is 0.533. The summed E-state index contributed by atoms with van der Waals surface area (Å²) in [6.45, 7) is 0. The molecule has 4 rings (SSSR count). The minimum atomic E-state index is -3.40. The van der Waals surface area contributed by atoms with Crippen LogP contribution in [0.2, 0.25) is 0 Å². The smallest absolute Gasteiger partial charge is 0.408 e. The summed E-state index contributed by atoms with van der Waals surface area (Å²) >= 11 is 0. The first-order valence-corrected chi connectivity index (χ1v) is 9.08. The van der Waals surface area contributed by atoms with Crippen LogP contribution in [0.15, 0.2) is 32.3 Å². The molecule has 1 aromatic heterocycles. The molecule has 2 aromatic rings. The zero-order valence-corrected chi connectivity index (χ0v) is 13.1. The van der Waals surface area contributed by atoms with E-state index in [0.717, 1.165) is 12.8 Å². The Kier molecular flexibility index (Phi) is 2.99. The van der Waals surface area contributed by atoms with Crippen molar-refractivity contribution in [1.82, 2.24) is 9.88 Å². The molecule has 7 heteroatoms. The van der Waals surface area contributed by atoms with Gasteiger partial charge in [0.25, 0.3) is 0 Å². The minimum Gasteiger partial charge on any atom is -0.408 e. The number of hydrogen-bond donors (Lipinski definition) is 1. The number of benzene rings is 1. The number of piperidine rings is 1. The third-order valence-corrected chi connectivity index (χ3v) is 7.39. The first-order valence-electron chi connectivity index (χ1n) is 7.54. The molecule has 1 N–H and O–H groups in total. The lowest BCUT2D eigenvalue weighted by atomic mass is 10.0. The van der Waals surface area contributed by atoms with Crippen molar-refractivity contribution in [1.29, 1.82) is 0 Å². The number of nitrogens with one attached hydrogen (secondary N) is 1. The van der Waals surface area contributed by atoms with Gasteiger partial charge in [0.15, 0.2) is 15.4 Å². The van der Waals surface area contributed by atoms with E-state index in [1.54, 1.807) is 12.1 Å². The maximum atomic E-state index is 12.9. The standard InChI is InChI=1S/C15H18N2O4S/c1-17-9-2-3-10(17)7-12(6-9)22(19,20)11-4-5-13-14(8-11)21-15(18)16-13/h4-5,8-10,12H,2-3,6-7H2,1H3,(H,16,18). The fourth-order valence-corrected chi connectivity index (χ4v) is 5.78. The Hall–Kier alpha value is -1.60. The Labute approximate surface area is 128 Å². The summed E-state index contributed by atoms with van der Waals surface area (Å²) in [6.07, 6.45) is 3.53. The quantitative estimate of drug-likeness (QED) is 0.906. The van der Waals surface area contributed by atoms with Gasteiger partial charge < -0.3 is 9.32 Å². The van der Waals surface area contributed by atoms with Crippen molar-refractivity contribution < 1.29 is 12.8 Å². The lowest BCUT2D eigenvalue weighted by molar-refractivity contribution is 0.180. The number of oxazole rings is 1. The number of rotatable bonds is 2. The predicted octanol–water partition coefficient (Wildman–Crippen LogP) is 1.52. The second kappa shape index (κ2) is 4.70. The van der Waals surface area contributed by atoms with Gasteiger partial charge in [-0.05, 0) is 44.9 Å². The van der Waals surface area contributed by atoms with Crippen LogP contribution in [0.1, 0.15) is 25.7 Å². The van der Waals surface area contributed by atoms with E-state index >= 15 is 0 Å². The summed E-state index contributed by atoms with van der Waals surface area (Å²) in [5, 5.41) is -0.343. The summed E-state index contributed by atoms with van der Waals surface area (Å²) < 4.78 is 30.8. The summed E-state index contributed by atoms with van der Waals surface area (Å²) in [5.74, 6) is -0.568.